The number of benzene rings is 1. The molecule has 2 heterocycles. The third kappa shape index (κ3) is 1.79. The number of imide groups is 2. The van der Waals surface area contributed by atoms with Crippen LogP contribution in [0.2, 0.25) is 0 Å². The second-order valence-corrected chi connectivity index (χ2v) is 4.87. The van der Waals surface area contributed by atoms with Gasteiger partial charge in [-0.25, -0.2) is 4.79 Å². The number of nitrogens with zero attached hydrogens (tertiary/aromatic N) is 1. The molecule has 6 nitrogen and oxygen atoms in total. The van der Waals surface area contributed by atoms with Crippen molar-refractivity contribution in [3.63, 3.8) is 0 Å². The molecule has 1 fully saturated rings. The van der Waals surface area contributed by atoms with Crippen LogP contribution in [0.4, 0.5) is 4.79 Å². The van der Waals surface area contributed by atoms with Gasteiger partial charge >= 0.3 is 6.03 Å². The SMILES string of the molecule is CCC1(c2ccnc3ccccc23)C(=O)NC(=O)NC1=O. The molecular weight excluding hydrogens is 270 g/mol. The van der Waals surface area contributed by atoms with Crippen LogP contribution in [0, 0.1) is 0 Å². The van der Waals surface area contributed by atoms with E-state index in [-0.39, 0.29) is 6.42 Å². The highest BCUT2D eigenvalue weighted by molar-refractivity contribution is 6.24. The van der Waals surface area contributed by atoms with Crippen molar-refractivity contribution >= 4 is 28.7 Å². The Morgan fingerprint density at radius 1 is 1.05 bits per heavy atom. The van der Waals surface area contributed by atoms with Crippen molar-refractivity contribution in [2.24, 2.45) is 0 Å². The second kappa shape index (κ2) is 4.66. The highest BCUT2D eigenvalue weighted by atomic mass is 16.2. The molecule has 0 unspecified atom stereocenters. The Kier molecular flexibility index (Phi) is 2.94. The Morgan fingerprint density at radius 2 is 1.71 bits per heavy atom. The maximum Gasteiger partial charge on any atom is 0.328 e. The van der Waals surface area contributed by atoms with Crippen molar-refractivity contribution in [1.82, 2.24) is 15.6 Å². The molecule has 4 amide bonds. The Balaban J connectivity index is 2.29. The maximum atomic E-state index is 12.4. The first-order chi connectivity index (χ1) is 10.1. The minimum atomic E-state index is -1.42. The third-order valence-corrected chi connectivity index (χ3v) is 3.87. The first-order valence-electron chi connectivity index (χ1n) is 6.60. The van der Waals surface area contributed by atoms with Crippen LogP contribution in [0.3, 0.4) is 0 Å². The topological polar surface area (TPSA) is 88.2 Å². The quantitative estimate of drug-likeness (QED) is 0.812. The normalized spacial score (nSPS) is 17.5. The van der Waals surface area contributed by atoms with Crippen LogP contribution in [-0.2, 0) is 15.0 Å². The highest BCUT2D eigenvalue weighted by Crippen LogP contribution is 2.34. The molecule has 0 atom stereocenters. The van der Waals surface area contributed by atoms with Gasteiger partial charge in [0.2, 0.25) is 11.8 Å². The number of urea groups is 1. The molecule has 1 aliphatic heterocycles. The number of barbiturate groups is 1. The summed E-state index contributed by atoms with van der Waals surface area (Å²) < 4.78 is 0. The lowest BCUT2D eigenvalue weighted by Gasteiger charge is -2.34. The van der Waals surface area contributed by atoms with Crippen molar-refractivity contribution in [3.8, 4) is 0 Å². The summed E-state index contributed by atoms with van der Waals surface area (Å²) in [5, 5.41) is 5.09. The minimum Gasteiger partial charge on any atom is -0.277 e. The van der Waals surface area contributed by atoms with Crippen LogP contribution in [0.25, 0.3) is 10.9 Å². The van der Waals surface area contributed by atoms with Crippen molar-refractivity contribution < 1.29 is 14.4 Å². The van der Waals surface area contributed by atoms with E-state index in [1.807, 2.05) is 24.3 Å². The molecule has 2 N–H and O–H groups in total. The Labute approximate surface area is 120 Å². The van der Waals surface area contributed by atoms with E-state index in [4.69, 9.17) is 0 Å². The summed E-state index contributed by atoms with van der Waals surface area (Å²) in [6, 6.07) is 8.15. The predicted molar refractivity (Wildman–Crippen MR) is 75.4 cm³/mol. The Morgan fingerprint density at radius 3 is 2.38 bits per heavy atom. The largest absolute Gasteiger partial charge is 0.328 e. The lowest BCUT2D eigenvalue weighted by atomic mass is 9.74. The average molecular weight is 283 g/mol. The zero-order valence-electron chi connectivity index (χ0n) is 11.3. The first-order valence-corrected chi connectivity index (χ1v) is 6.60. The van der Waals surface area contributed by atoms with E-state index >= 15 is 0 Å². The average Bonchev–Trinajstić information content (AvgIpc) is 2.47. The van der Waals surface area contributed by atoms with Crippen LogP contribution in [0.1, 0.15) is 18.9 Å². The molecule has 0 saturated carbocycles. The molecule has 1 aromatic carbocycles. The highest BCUT2D eigenvalue weighted by Gasteiger charge is 2.51. The predicted octanol–water partition coefficient (Wildman–Crippen LogP) is 1.25. The number of carbonyl (C=O) groups is 3. The standard InChI is InChI=1S/C15H13N3O3/c1-2-15(12(19)17-14(21)18-13(15)20)10-7-8-16-11-6-4-3-5-9(10)11/h3-8H,2H2,1H3,(H2,17,18,19,20,21). The number of fused-ring (bicyclic) bond motifs is 1. The monoisotopic (exact) mass is 283 g/mol. The van der Waals surface area contributed by atoms with Gasteiger partial charge in [0.25, 0.3) is 0 Å². The summed E-state index contributed by atoms with van der Waals surface area (Å²) >= 11 is 0. The lowest BCUT2D eigenvalue weighted by Crippen LogP contribution is -2.64. The van der Waals surface area contributed by atoms with Gasteiger partial charge in [-0.05, 0) is 24.1 Å². The zero-order valence-corrected chi connectivity index (χ0v) is 11.3. The summed E-state index contributed by atoms with van der Waals surface area (Å²) in [4.78, 5) is 40.3. The van der Waals surface area contributed by atoms with Crippen LogP contribution in [0.15, 0.2) is 36.5 Å². The molecule has 1 saturated heterocycles. The van der Waals surface area contributed by atoms with Crippen molar-refractivity contribution in [2.45, 2.75) is 18.8 Å². The molecule has 1 aromatic heterocycles. The third-order valence-electron chi connectivity index (χ3n) is 3.87. The number of pyridine rings is 1. The van der Waals surface area contributed by atoms with Gasteiger partial charge in [0.15, 0.2) is 5.41 Å². The smallest absolute Gasteiger partial charge is 0.277 e. The van der Waals surface area contributed by atoms with E-state index in [2.05, 4.69) is 15.6 Å². The molecular formula is C15H13N3O3. The van der Waals surface area contributed by atoms with Gasteiger partial charge < -0.3 is 0 Å². The van der Waals surface area contributed by atoms with Crippen LogP contribution < -0.4 is 10.6 Å². The van der Waals surface area contributed by atoms with E-state index < -0.39 is 23.3 Å². The molecule has 2 aromatic rings. The van der Waals surface area contributed by atoms with E-state index in [0.717, 1.165) is 5.39 Å². The van der Waals surface area contributed by atoms with Gasteiger partial charge in [-0.1, -0.05) is 25.1 Å². The molecule has 21 heavy (non-hydrogen) atoms. The van der Waals surface area contributed by atoms with Gasteiger partial charge in [0, 0.05) is 11.6 Å². The number of rotatable bonds is 2. The molecule has 0 radical (unpaired) electrons. The summed E-state index contributed by atoms with van der Waals surface area (Å²) in [5.41, 5.74) is -0.172. The number of carbonyl (C=O) groups excluding carboxylic acids is 3. The van der Waals surface area contributed by atoms with Crippen LogP contribution in [-0.4, -0.2) is 22.8 Å². The van der Waals surface area contributed by atoms with Crippen LogP contribution in [0.5, 0.6) is 0 Å². The van der Waals surface area contributed by atoms with E-state index in [1.165, 1.54) is 0 Å². The van der Waals surface area contributed by atoms with Crippen molar-refractivity contribution in [2.75, 3.05) is 0 Å². The van der Waals surface area contributed by atoms with Gasteiger partial charge in [-0.3, -0.25) is 25.2 Å². The van der Waals surface area contributed by atoms with E-state index in [0.29, 0.717) is 11.1 Å². The Hall–Kier alpha value is -2.76. The van der Waals surface area contributed by atoms with Gasteiger partial charge in [0.05, 0.1) is 5.52 Å². The zero-order chi connectivity index (χ0) is 15.0. The number of hydrogen-bond acceptors (Lipinski definition) is 4. The molecule has 3 rings (SSSR count). The molecule has 6 heteroatoms. The first kappa shape index (κ1) is 13.2. The number of amides is 4. The number of nitrogens with one attached hydrogen (secondary N) is 2. The fraction of sp³-hybridized carbons (Fsp3) is 0.200. The number of para-hydroxylation sites is 1. The maximum absolute atomic E-state index is 12.4. The minimum absolute atomic E-state index is 0.242. The summed E-state index contributed by atoms with van der Waals surface area (Å²) in [7, 11) is 0. The summed E-state index contributed by atoms with van der Waals surface area (Å²) in [6.45, 7) is 1.74. The summed E-state index contributed by atoms with van der Waals surface area (Å²) in [5.74, 6) is -1.20. The summed E-state index contributed by atoms with van der Waals surface area (Å²) in [6.07, 6.45) is 1.80. The van der Waals surface area contributed by atoms with Crippen molar-refractivity contribution in [3.05, 3.63) is 42.1 Å². The van der Waals surface area contributed by atoms with E-state index in [1.54, 1.807) is 19.2 Å². The van der Waals surface area contributed by atoms with Crippen molar-refractivity contribution in [1.29, 1.82) is 0 Å². The fourth-order valence-electron chi connectivity index (χ4n) is 2.78. The number of hydrogen-bond donors (Lipinski definition) is 2. The van der Waals surface area contributed by atoms with Gasteiger partial charge in [0.1, 0.15) is 0 Å². The molecule has 106 valence electrons. The molecule has 1 aliphatic rings. The van der Waals surface area contributed by atoms with Crippen LogP contribution >= 0.6 is 0 Å². The number of aromatic nitrogens is 1. The fourth-order valence-corrected chi connectivity index (χ4v) is 2.78. The Bertz CT molecular complexity index is 744. The second-order valence-electron chi connectivity index (χ2n) is 4.87. The van der Waals surface area contributed by atoms with Gasteiger partial charge in [-0.2, -0.15) is 0 Å². The van der Waals surface area contributed by atoms with Gasteiger partial charge in [-0.15, -0.1) is 0 Å². The molecule has 0 spiro atoms. The lowest BCUT2D eigenvalue weighted by molar-refractivity contribution is -0.138. The van der Waals surface area contributed by atoms with E-state index in [9.17, 15) is 14.4 Å². The molecule has 0 bridgehead atoms. The molecule has 0 aliphatic carbocycles.